The normalized spacial score (nSPS) is 29.7. The highest BCUT2D eigenvalue weighted by Crippen LogP contribution is 2.43. The number of nitrogens with zero attached hydrogens (tertiary/aromatic N) is 1. The van der Waals surface area contributed by atoms with Gasteiger partial charge in [0, 0.05) is 10.8 Å². The van der Waals surface area contributed by atoms with Crippen LogP contribution in [0, 0.1) is 10.8 Å². The third kappa shape index (κ3) is 1.13. The molecule has 12 heavy (non-hydrogen) atoms. The van der Waals surface area contributed by atoms with Gasteiger partial charge in [0.1, 0.15) is 5.71 Å². The van der Waals surface area contributed by atoms with Crippen molar-refractivity contribution >= 4 is 11.5 Å². The maximum atomic E-state index is 11.6. The van der Waals surface area contributed by atoms with Gasteiger partial charge in [-0.2, -0.15) is 0 Å². The van der Waals surface area contributed by atoms with Gasteiger partial charge < -0.3 is 5.21 Å². The monoisotopic (exact) mass is 169 g/mol. The summed E-state index contributed by atoms with van der Waals surface area (Å²) >= 11 is 0. The van der Waals surface area contributed by atoms with Crippen LogP contribution in [0.1, 0.15) is 34.1 Å². The zero-order valence-electron chi connectivity index (χ0n) is 8.01. The molecular formula is C9H15NO2. The van der Waals surface area contributed by atoms with Gasteiger partial charge in [0.05, 0.1) is 0 Å². The summed E-state index contributed by atoms with van der Waals surface area (Å²) in [6.45, 7) is 7.62. The number of ketones is 1. The van der Waals surface area contributed by atoms with E-state index in [0.29, 0.717) is 5.71 Å². The van der Waals surface area contributed by atoms with Crippen molar-refractivity contribution in [3.8, 4) is 0 Å². The minimum atomic E-state index is -0.370. The van der Waals surface area contributed by atoms with E-state index in [2.05, 4.69) is 5.16 Å². The van der Waals surface area contributed by atoms with Crippen LogP contribution < -0.4 is 0 Å². The van der Waals surface area contributed by atoms with Gasteiger partial charge in [0.15, 0.2) is 5.78 Å². The zero-order chi connectivity index (χ0) is 9.57. The van der Waals surface area contributed by atoms with Gasteiger partial charge in [-0.3, -0.25) is 4.79 Å². The van der Waals surface area contributed by atoms with Crippen LogP contribution in [0.15, 0.2) is 5.16 Å². The lowest BCUT2D eigenvalue weighted by atomic mass is 9.84. The van der Waals surface area contributed by atoms with Crippen molar-refractivity contribution in [2.24, 2.45) is 16.0 Å². The highest BCUT2D eigenvalue weighted by atomic mass is 16.4. The molecule has 3 heteroatoms. The second-order valence-electron chi connectivity index (χ2n) is 4.72. The summed E-state index contributed by atoms with van der Waals surface area (Å²) < 4.78 is 0. The first-order valence-corrected chi connectivity index (χ1v) is 4.08. The van der Waals surface area contributed by atoms with E-state index in [1.165, 1.54) is 0 Å². The molecule has 1 aliphatic rings. The van der Waals surface area contributed by atoms with Crippen LogP contribution in [0.3, 0.4) is 0 Å². The van der Waals surface area contributed by atoms with Gasteiger partial charge in [0.25, 0.3) is 0 Å². The molecule has 68 valence electrons. The van der Waals surface area contributed by atoms with E-state index in [1.807, 2.05) is 27.7 Å². The van der Waals surface area contributed by atoms with Crippen LogP contribution in [0.4, 0.5) is 0 Å². The molecule has 0 atom stereocenters. The first-order valence-electron chi connectivity index (χ1n) is 4.08. The summed E-state index contributed by atoms with van der Waals surface area (Å²) in [6.07, 6.45) is 0.748. The summed E-state index contributed by atoms with van der Waals surface area (Å²) in [5.41, 5.74) is -0.340. The van der Waals surface area contributed by atoms with E-state index < -0.39 is 0 Å². The topological polar surface area (TPSA) is 49.7 Å². The largest absolute Gasteiger partial charge is 0.411 e. The molecule has 0 aliphatic heterocycles. The molecule has 0 aromatic rings. The fourth-order valence-electron chi connectivity index (χ4n) is 2.08. The average molecular weight is 169 g/mol. The first-order chi connectivity index (χ1) is 5.31. The van der Waals surface area contributed by atoms with Crippen molar-refractivity contribution in [3.05, 3.63) is 0 Å². The molecule has 1 rings (SSSR count). The van der Waals surface area contributed by atoms with Gasteiger partial charge in [-0.25, -0.2) is 0 Å². The minimum Gasteiger partial charge on any atom is -0.411 e. The summed E-state index contributed by atoms with van der Waals surface area (Å²) in [5, 5.41) is 11.8. The molecule has 0 aromatic heterocycles. The molecule has 1 saturated carbocycles. The quantitative estimate of drug-likeness (QED) is 0.444. The van der Waals surface area contributed by atoms with Crippen molar-refractivity contribution in [1.29, 1.82) is 0 Å². The van der Waals surface area contributed by atoms with Crippen LogP contribution in [0.25, 0.3) is 0 Å². The average Bonchev–Trinajstić information content (AvgIpc) is 1.98. The number of rotatable bonds is 0. The summed E-state index contributed by atoms with van der Waals surface area (Å²) in [6, 6.07) is 0. The molecule has 0 heterocycles. The Hall–Kier alpha value is -0.860. The van der Waals surface area contributed by atoms with Gasteiger partial charge in [-0.15, -0.1) is 0 Å². The van der Waals surface area contributed by atoms with Crippen LogP contribution in [0.2, 0.25) is 0 Å². The number of hydrogen-bond acceptors (Lipinski definition) is 3. The number of Topliss-reactive ketones (excluding diaryl/α,β-unsaturated/α-hetero) is 1. The van der Waals surface area contributed by atoms with Crippen LogP contribution in [0.5, 0.6) is 0 Å². The molecule has 0 radical (unpaired) electrons. The Morgan fingerprint density at radius 1 is 1.25 bits per heavy atom. The lowest BCUT2D eigenvalue weighted by Crippen LogP contribution is -2.24. The molecule has 0 bridgehead atoms. The van der Waals surface area contributed by atoms with E-state index in [4.69, 9.17) is 5.21 Å². The fourth-order valence-corrected chi connectivity index (χ4v) is 2.08. The molecule has 0 unspecified atom stereocenters. The van der Waals surface area contributed by atoms with Gasteiger partial charge in [-0.05, 0) is 6.42 Å². The van der Waals surface area contributed by atoms with Crippen molar-refractivity contribution in [2.45, 2.75) is 34.1 Å². The second kappa shape index (κ2) is 2.31. The molecule has 0 aromatic carbocycles. The van der Waals surface area contributed by atoms with Crippen molar-refractivity contribution < 1.29 is 10.0 Å². The Morgan fingerprint density at radius 2 is 1.75 bits per heavy atom. The Labute approximate surface area is 72.5 Å². The molecule has 1 aliphatic carbocycles. The van der Waals surface area contributed by atoms with Crippen molar-refractivity contribution in [3.63, 3.8) is 0 Å². The zero-order valence-corrected chi connectivity index (χ0v) is 8.01. The highest BCUT2D eigenvalue weighted by Gasteiger charge is 2.49. The van der Waals surface area contributed by atoms with E-state index in [9.17, 15) is 4.79 Å². The minimum absolute atomic E-state index is 0.0324. The lowest BCUT2D eigenvalue weighted by molar-refractivity contribution is -0.119. The van der Waals surface area contributed by atoms with Crippen LogP contribution in [-0.2, 0) is 4.79 Å². The molecule has 3 nitrogen and oxygen atoms in total. The first kappa shape index (κ1) is 9.23. The number of oxime groups is 1. The smallest absolute Gasteiger partial charge is 0.186 e. The Morgan fingerprint density at radius 3 is 1.92 bits per heavy atom. The van der Waals surface area contributed by atoms with E-state index in [0.717, 1.165) is 6.42 Å². The predicted molar refractivity (Wildman–Crippen MR) is 46.4 cm³/mol. The van der Waals surface area contributed by atoms with E-state index in [-0.39, 0.29) is 16.6 Å². The summed E-state index contributed by atoms with van der Waals surface area (Å²) in [4.78, 5) is 11.6. The molecule has 1 N–H and O–H groups in total. The molecule has 0 spiro atoms. The van der Waals surface area contributed by atoms with Crippen molar-refractivity contribution in [1.82, 2.24) is 0 Å². The summed E-state index contributed by atoms with van der Waals surface area (Å²) in [7, 11) is 0. The lowest BCUT2D eigenvalue weighted by Gasteiger charge is -2.18. The Bertz CT molecular complexity index is 251. The number of carbonyl (C=O) groups is 1. The van der Waals surface area contributed by atoms with Gasteiger partial charge >= 0.3 is 0 Å². The third-order valence-electron chi connectivity index (χ3n) is 2.45. The van der Waals surface area contributed by atoms with Crippen molar-refractivity contribution in [2.75, 3.05) is 0 Å². The molecular weight excluding hydrogens is 154 g/mol. The van der Waals surface area contributed by atoms with Gasteiger partial charge in [-0.1, -0.05) is 32.9 Å². The Balaban J connectivity index is 3.14. The second-order valence-corrected chi connectivity index (χ2v) is 4.72. The maximum Gasteiger partial charge on any atom is 0.186 e. The summed E-state index contributed by atoms with van der Waals surface area (Å²) in [5.74, 6) is -0.0324. The van der Waals surface area contributed by atoms with E-state index >= 15 is 0 Å². The molecule has 0 saturated heterocycles. The molecule has 0 amide bonds. The predicted octanol–water partition coefficient (Wildman–Crippen LogP) is 1.84. The number of hydrogen-bond donors (Lipinski definition) is 1. The van der Waals surface area contributed by atoms with E-state index in [1.54, 1.807) is 0 Å². The fraction of sp³-hybridized carbons (Fsp3) is 0.778. The molecule has 1 fully saturated rings. The maximum absolute atomic E-state index is 11.6. The highest BCUT2D eigenvalue weighted by molar-refractivity contribution is 6.45. The van der Waals surface area contributed by atoms with Crippen LogP contribution in [-0.4, -0.2) is 16.7 Å². The SMILES string of the molecule is CC1(C)CC(C)(C)/C(=N\O)C1=O. The third-order valence-corrected chi connectivity index (χ3v) is 2.45. The van der Waals surface area contributed by atoms with Crippen LogP contribution >= 0.6 is 0 Å². The Kier molecular flexibility index (Phi) is 1.78. The number of carbonyl (C=O) groups excluding carboxylic acids is 1. The standard InChI is InChI=1S/C9H15NO2/c1-8(2)5-9(3,4)7(11)6(8)10-12/h12H,5H2,1-4H3/b10-6-. The van der Waals surface area contributed by atoms with Gasteiger partial charge in [0.2, 0.25) is 0 Å².